The fourth-order valence-electron chi connectivity index (χ4n) is 2.23. The minimum atomic E-state index is 0.153. The Morgan fingerprint density at radius 1 is 1.21 bits per heavy atom. The topological polar surface area (TPSA) is 26.8 Å². The van der Waals surface area contributed by atoms with Crippen LogP contribution in [0.4, 0.5) is 4.79 Å². The molecule has 0 aromatic heterocycles. The number of urea groups is 1. The van der Waals surface area contributed by atoms with Gasteiger partial charge >= 0.3 is 6.03 Å². The van der Waals surface area contributed by atoms with Gasteiger partial charge in [-0.05, 0) is 25.9 Å². The smallest absolute Gasteiger partial charge is 0.319 e. The van der Waals surface area contributed by atoms with Crippen molar-refractivity contribution in [1.29, 1.82) is 0 Å². The van der Waals surface area contributed by atoms with Crippen LogP contribution in [-0.4, -0.2) is 67.0 Å². The molecule has 2 rings (SSSR count). The van der Waals surface area contributed by atoms with E-state index < -0.39 is 0 Å². The van der Waals surface area contributed by atoms with E-state index in [1.54, 1.807) is 4.90 Å². The zero-order valence-corrected chi connectivity index (χ0v) is 9.07. The van der Waals surface area contributed by atoms with Gasteiger partial charge in [-0.1, -0.05) is 0 Å². The highest BCUT2D eigenvalue weighted by Crippen LogP contribution is 2.20. The second-order valence-electron chi connectivity index (χ2n) is 4.48. The fraction of sp³-hybridized carbons (Fsp3) is 0.900. The van der Waals surface area contributed by atoms with Crippen molar-refractivity contribution in [2.24, 2.45) is 0 Å². The molecule has 2 fully saturated rings. The van der Waals surface area contributed by atoms with Gasteiger partial charge in [-0.25, -0.2) is 4.79 Å². The predicted molar refractivity (Wildman–Crippen MR) is 55.3 cm³/mol. The quantitative estimate of drug-likeness (QED) is 0.610. The van der Waals surface area contributed by atoms with Gasteiger partial charge in [-0.3, -0.25) is 4.90 Å². The first-order chi connectivity index (χ1) is 6.68. The zero-order chi connectivity index (χ0) is 10.1. The summed E-state index contributed by atoms with van der Waals surface area (Å²) in [6, 6.07) is 0.793. The molecule has 0 aromatic carbocycles. The van der Waals surface area contributed by atoms with Gasteiger partial charge in [-0.15, -0.1) is 0 Å². The largest absolute Gasteiger partial charge is 0.331 e. The maximum absolute atomic E-state index is 11.5. The molecule has 0 N–H and O–H groups in total. The van der Waals surface area contributed by atoms with Crippen molar-refractivity contribution in [3.8, 4) is 0 Å². The van der Waals surface area contributed by atoms with E-state index in [0.717, 1.165) is 13.1 Å². The van der Waals surface area contributed by atoms with Crippen LogP contribution in [-0.2, 0) is 0 Å². The highest BCUT2D eigenvalue weighted by Gasteiger charge is 2.36. The summed E-state index contributed by atoms with van der Waals surface area (Å²) in [7, 11) is 3.62. The van der Waals surface area contributed by atoms with Crippen molar-refractivity contribution in [2.45, 2.75) is 18.9 Å². The second-order valence-corrected chi connectivity index (χ2v) is 4.48. The van der Waals surface area contributed by atoms with E-state index >= 15 is 0 Å². The van der Waals surface area contributed by atoms with Gasteiger partial charge in [0.2, 0.25) is 0 Å². The van der Waals surface area contributed by atoms with E-state index in [2.05, 4.69) is 4.90 Å². The molecule has 2 heterocycles. The molecule has 0 aromatic rings. The molecule has 80 valence electrons. The third-order valence-corrected chi connectivity index (χ3v) is 3.17. The summed E-state index contributed by atoms with van der Waals surface area (Å²) < 4.78 is 0. The standard InChI is InChI=1S/C10H19N3O/c1-11(2)10(14)13-7-9(8-13)12-5-3-4-6-12/h9H,3-8H2,1-2H3. The number of carbonyl (C=O) groups excluding carboxylic acids is 1. The van der Waals surface area contributed by atoms with Gasteiger partial charge in [-0.2, -0.15) is 0 Å². The highest BCUT2D eigenvalue weighted by molar-refractivity contribution is 5.74. The lowest BCUT2D eigenvalue weighted by Crippen LogP contribution is -2.62. The average Bonchev–Trinajstić information content (AvgIpc) is 2.54. The van der Waals surface area contributed by atoms with E-state index in [4.69, 9.17) is 0 Å². The molecule has 0 spiro atoms. The van der Waals surface area contributed by atoms with Crippen LogP contribution in [0.15, 0.2) is 0 Å². The van der Waals surface area contributed by atoms with Crippen LogP contribution in [0.3, 0.4) is 0 Å². The lowest BCUT2D eigenvalue weighted by atomic mass is 10.1. The first-order valence-corrected chi connectivity index (χ1v) is 5.39. The Labute approximate surface area is 85.5 Å². The molecular formula is C10H19N3O. The Hall–Kier alpha value is -0.770. The maximum atomic E-state index is 11.5. The molecule has 0 atom stereocenters. The van der Waals surface area contributed by atoms with Crippen LogP contribution in [0, 0.1) is 0 Å². The molecule has 0 aliphatic carbocycles. The SMILES string of the molecule is CN(C)C(=O)N1CC(N2CCCC2)C1. The van der Waals surface area contributed by atoms with Crippen LogP contribution >= 0.6 is 0 Å². The maximum Gasteiger partial charge on any atom is 0.319 e. The summed E-state index contributed by atoms with van der Waals surface area (Å²) >= 11 is 0. The third kappa shape index (κ3) is 1.71. The fourth-order valence-corrected chi connectivity index (χ4v) is 2.23. The normalized spacial score (nSPS) is 23.7. The third-order valence-electron chi connectivity index (χ3n) is 3.17. The van der Waals surface area contributed by atoms with E-state index in [1.807, 2.05) is 19.0 Å². The van der Waals surface area contributed by atoms with Crippen molar-refractivity contribution >= 4 is 6.03 Å². The predicted octanol–water partition coefficient (Wildman–Crippen LogP) is 0.448. The summed E-state index contributed by atoms with van der Waals surface area (Å²) in [6.45, 7) is 4.32. The number of hydrogen-bond acceptors (Lipinski definition) is 2. The van der Waals surface area contributed by atoms with Crippen molar-refractivity contribution in [3.63, 3.8) is 0 Å². The van der Waals surface area contributed by atoms with E-state index in [0.29, 0.717) is 6.04 Å². The number of nitrogens with zero attached hydrogens (tertiary/aromatic N) is 3. The van der Waals surface area contributed by atoms with Crippen molar-refractivity contribution in [1.82, 2.24) is 14.7 Å². The Morgan fingerprint density at radius 2 is 1.79 bits per heavy atom. The molecule has 2 aliphatic rings. The van der Waals surface area contributed by atoms with Gasteiger partial charge < -0.3 is 9.80 Å². The molecule has 0 saturated carbocycles. The summed E-state index contributed by atoms with van der Waals surface area (Å²) in [6.07, 6.45) is 2.66. The highest BCUT2D eigenvalue weighted by atomic mass is 16.2. The number of hydrogen-bond donors (Lipinski definition) is 0. The average molecular weight is 197 g/mol. The molecule has 2 aliphatic heterocycles. The van der Waals surface area contributed by atoms with Crippen LogP contribution < -0.4 is 0 Å². The van der Waals surface area contributed by atoms with Crippen LogP contribution in [0.1, 0.15) is 12.8 Å². The Balaban J connectivity index is 1.76. The molecule has 4 heteroatoms. The van der Waals surface area contributed by atoms with Gasteiger partial charge in [0.1, 0.15) is 0 Å². The lowest BCUT2D eigenvalue weighted by molar-refractivity contribution is 0.0607. The zero-order valence-electron chi connectivity index (χ0n) is 9.07. The van der Waals surface area contributed by atoms with Gasteiger partial charge in [0, 0.05) is 33.2 Å². The summed E-state index contributed by atoms with van der Waals surface area (Å²) in [5.41, 5.74) is 0. The molecule has 2 amide bonds. The van der Waals surface area contributed by atoms with Crippen LogP contribution in [0.2, 0.25) is 0 Å². The first-order valence-electron chi connectivity index (χ1n) is 5.39. The van der Waals surface area contributed by atoms with Gasteiger partial charge in [0.25, 0.3) is 0 Å². The molecule has 2 saturated heterocycles. The molecular weight excluding hydrogens is 178 g/mol. The summed E-state index contributed by atoms with van der Waals surface area (Å²) in [4.78, 5) is 17.6. The number of likely N-dealkylation sites (tertiary alicyclic amines) is 2. The number of rotatable bonds is 1. The van der Waals surface area contributed by atoms with Crippen molar-refractivity contribution < 1.29 is 4.79 Å². The minimum Gasteiger partial charge on any atom is -0.331 e. The number of amides is 2. The van der Waals surface area contributed by atoms with E-state index in [1.165, 1.54) is 25.9 Å². The van der Waals surface area contributed by atoms with E-state index in [-0.39, 0.29) is 6.03 Å². The molecule has 0 radical (unpaired) electrons. The Morgan fingerprint density at radius 3 is 2.29 bits per heavy atom. The monoisotopic (exact) mass is 197 g/mol. The van der Waals surface area contributed by atoms with Gasteiger partial charge in [0.15, 0.2) is 0 Å². The number of carbonyl (C=O) groups is 1. The molecule has 14 heavy (non-hydrogen) atoms. The van der Waals surface area contributed by atoms with Crippen molar-refractivity contribution in [2.75, 3.05) is 40.3 Å². The molecule has 0 bridgehead atoms. The molecule has 4 nitrogen and oxygen atoms in total. The van der Waals surface area contributed by atoms with Crippen LogP contribution in [0.5, 0.6) is 0 Å². The minimum absolute atomic E-state index is 0.153. The first kappa shape index (κ1) is 9.77. The Kier molecular flexibility index (Phi) is 2.63. The summed E-state index contributed by atoms with van der Waals surface area (Å²) in [5, 5.41) is 0. The molecule has 0 unspecified atom stereocenters. The lowest BCUT2D eigenvalue weighted by Gasteiger charge is -2.44. The van der Waals surface area contributed by atoms with Crippen molar-refractivity contribution in [3.05, 3.63) is 0 Å². The van der Waals surface area contributed by atoms with Gasteiger partial charge in [0.05, 0.1) is 0 Å². The van der Waals surface area contributed by atoms with Crippen LogP contribution in [0.25, 0.3) is 0 Å². The summed E-state index contributed by atoms with van der Waals surface area (Å²) in [5.74, 6) is 0. The van der Waals surface area contributed by atoms with E-state index in [9.17, 15) is 4.79 Å². The second kappa shape index (κ2) is 3.77. The Bertz CT molecular complexity index is 217.